The number of primary sulfonamides is 1. The molecule has 0 atom stereocenters. The first-order valence-corrected chi connectivity index (χ1v) is 7.33. The van der Waals surface area contributed by atoms with Crippen LogP contribution in [0.15, 0.2) is 23.1 Å². The second-order valence-electron chi connectivity index (χ2n) is 3.80. The highest BCUT2D eigenvalue weighted by atomic mass is 35.5. The minimum absolute atomic E-state index is 0.0622. The summed E-state index contributed by atoms with van der Waals surface area (Å²) in [5.41, 5.74) is 0.852. The molecule has 0 bridgehead atoms. The van der Waals surface area contributed by atoms with Crippen LogP contribution in [0.3, 0.4) is 0 Å². The predicted molar refractivity (Wildman–Crippen MR) is 69.5 cm³/mol. The Morgan fingerprint density at radius 2 is 1.82 bits per heavy atom. The molecule has 17 heavy (non-hydrogen) atoms. The van der Waals surface area contributed by atoms with E-state index in [1.807, 2.05) is 0 Å². The molecule has 1 rings (SSSR count). The van der Waals surface area contributed by atoms with Gasteiger partial charge in [-0.2, -0.15) is 0 Å². The molecule has 1 aromatic rings. The van der Waals surface area contributed by atoms with E-state index >= 15 is 0 Å². The van der Waals surface area contributed by atoms with E-state index < -0.39 is 10.0 Å². The summed E-state index contributed by atoms with van der Waals surface area (Å²) in [4.78, 5) is 2.23. The van der Waals surface area contributed by atoms with Gasteiger partial charge in [-0.1, -0.05) is 25.4 Å². The lowest BCUT2D eigenvalue weighted by atomic mass is 10.2. The van der Waals surface area contributed by atoms with E-state index in [0.29, 0.717) is 11.6 Å². The third-order valence-corrected chi connectivity index (χ3v) is 3.67. The second kappa shape index (κ2) is 5.82. The van der Waals surface area contributed by atoms with Gasteiger partial charge in [0.15, 0.2) is 0 Å². The van der Waals surface area contributed by atoms with Gasteiger partial charge in [0.05, 0.1) is 4.90 Å². The molecule has 2 N–H and O–H groups in total. The Kier molecular flexibility index (Phi) is 4.94. The summed E-state index contributed by atoms with van der Waals surface area (Å²) in [6.07, 6.45) is 0. The highest BCUT2D eigenvalue weighted by Gasteiger charge is 2.11. The van der Waals surface area contributed by atoms with Crippen LogP contribution >= 0.6 is 11.6 Å². The van der Waals surface area contributed by atoms with Gasteiger partial charge < -0.3 is 0 Å². The fraction of sp³-hybridized carbons (Fsp3) is 0.455. The van der Waals surface area contributed by atoms with Crippen molar-refractivity contribution in [3.05, 3.63) is 28.8 Å². The van der Waals surface area contributed by atoms with Crippen molar-refractivity contribution >= 4 is 21.6 Å². The van der Waals surface area contributed by atoms with Crippen LogP contribution in [0.2, 0.25) is 5.02 Å². The second-order valence-corrected chi connectivity index (χ2v) is 5.80. The minimum Gasteiger partial charge on any atom is -0.300 e. The van der Waals surface area contributed by atoms with Gasteiger partial charge in [0.1, 0.15) is 0 Å². The molecule has 96 valence electrons. The Morgan fingerprint density at radius 1 is 1.24 bits per heavy atom. The smallest absolute Gasteiger partial charge is 0.238 e. The first-order valence-electron chi connectivity index (χ1n) is 5.41. The number of benzene rings is 1. The Morgan fingerprint density at radius 3 is 2.29 bits per heavy atom. The molecule has 0 aliphatic carbocycles. The molecule has 0 saturated heterocycles. The van der Waals surface area contributed by atoms with Crippen LogP contribution in [0.5, 0.6) is 0 Å². The highest BCUT2D eigenvalue weighted by Crippen LogP contribution is 2.19. The van der Waals surface area contributed by atoms with E-state index in [1.54, 1.807) is 12.1 Å². The van der Waals surface area contributed by atoms with E-state index in [4.69, 9.17) is 16.7 Å². The number of sulfonamides is 1. The van der Waals surface area contributed by atoms with Gasteiger partial charge in [0.25, 0.3) is 0 Å². The van der Waals surface area contributed by atoms with Crippen molar-refractivity contribution in [1.82, 2.24) is 4.90 Å². The summed E-state index contributed by atoms with van der Waals surface area (Å²) in [5.74, 6) is 0. The first kappa shape index (κ1) is 14.4. The van der Waals surface area contributed by atoms with Crippen molar-refractivity contribution in [2.24, 2.45) is 5.14 Å². The van der Waals surface area contributed by atoms with Crippen LogP contribution in [0.1, 0.15) is 19.4 Å². The maximum absolute atomic E-state index is 11.3. The lowest BCUT2D eigenvalue weighted by Gasteiger charge is -2.18. The van der Waals surface area contributed by atoms with Gasteiger partial charge >= 0.3 is 0 Å². The molecule has 0 radical (unpaired) electrons. The van der Waals surface area contributed by atoms with Crippen molar-refractivity contribution in [1.29, 1.82) is 0 Å². The molecule has 0 aromatic heterocycles. The fourth-order valence-corrected chi connectivity index (χ4v) is 2.51. The molecular formula is C11H17ClN2O2S. The maximum atomic E-state index is 11.3. The van der Waals surface area contributed by atoms with E-state index in [-0.39, 0.29) is 4.90 Å². The third-order valence-electron chi connectivity index (χ3n) is 2.56. The number of hydrogen-bond donors (Lipinski definition) is 1. The SMILES string of the molecule is CCN(CC)Cc1cc(Cl)cc(S(N)(=O)=O)c1. The van der Waals surface area contributed by atoms with Crippen LogP contribution < -0.4 is 5.14 Å². The van der Waals surface area contributed by atoms with E-state index in [2.05, 4.69) is 18.7 Å². The lowest BCUT2D eigenvalue weighted by Crippen LogP contribution is -2.22. The topological polar surface area (TPSA) is 63.4 Å². The molecule has 0 heterocycles. The number of hydrogen-bond acceptors (Lipinski definition) is 3. The minimum atomic E-state index is -3.70. The quantitative estimate of drug-likeness (QED) is 0.892. The van der Waals surface area contributed by atoms with Gasteiger partial charge in [-0.05, 0) is 36.9 Å². The van der Waals surface area contributed by atoms with Gasteiger partial charge in [-0.25, -0.2) is 13.6 Å². The van der Waals surface area contributed by atoms with Crippen molar-refractivity contribution in [3.8, 4) is 0 Å². The number of halogens is 1. The molecule has 0 saturated carbocycles. The highest BCUT2D eigenvalue weighted by molar-refractivity contribution is 7.89. The number of rotatable bonds is 5. The molecule has 0 fully saturated rings. The lowest BCUT2D eigenvalue weighted by molar-refractivity contribution is 0.295. The molecule has 0 spiro atoms. The molecule has 4 nitrogen and oxygen atoms in total. The van der Waals surface area contributed by atoms with Crippen molar-refractivity contribution in [2.45, 2.75) is 25.3 Å². The summed E-state index contributed by atoms with van der Waals surface area (Å²) in [7, 11) is -3.70. The predicted octanol–water partition coefficient (Wildman–Crippen LogP) is 1.83. The van der Waals surface area contributed by atoms with Crippen LogP contribution in [-0.4, -0.2) is 26.4 Å². The largest absolute Gasteiger partial charge is 0.300 e. The molecular weight excluding hydrogens is 260 g/mol. The van der Waals surface area contributed by atoms with Crippen molar-refractivity contribution in [3.63, 3.8) is 0 Å². The van der Waals surface area contributed by atoms with Crippen LogP contribution in [0.4, 0.5) is 0 Å². The van der Waals surface area contributed by atoms with Crippen molar-refractivity contribution < 1.29 is 8.42 Å². The molecule has 0 aliphatic heterocycles. The summed E-state index contributed by atoms with van der Waals surface area (Å²) in [6, 6.07) is 4.69. The molecule has 0 amide bonds. The average Bonchev–Trinajstić information content (AvgIpc) is 2.24. The standard InChI is InChI=1S/C11H17ClN2O2S/c1-3-14(4-2)8-9-5-10(12)7-11(6-9)17(13,15)16/h5-7H,3-4,8H2,1-2H3,(H2,13,15,16). The van der Waals surface area contributed by atoms with Gasteiger partial charge in [0.2, 0.25) is 10.0 Å². The zero-order chi connectivity index (χ0) is 13.1. The Labute approximate surface area is 107 Å². The molecule has 6 heteroatoms. The van der Waals surface area contributed by atoms with Crippen molar-refractivity contribution in [2.75, 3.05) is 13.1 Å². The Hall–Kier alpha value is -0.620. The summed E-state index contributed by atoms with van der Waals surface area (Å²) in [6.45, 7) is 6.56. The number of nitrogens with two attached hydrogens (primary N) is 1. The normalized spacial score (nSPS) is 12.1. The van der Waals surface area contributed by atoms with Gasteiger partial charge in [-0.3, -0.25) is 4.90 Å². The summed E-state index contributed by atoms with van der Waals surface area (Å²) < 4.78 is 22.5. The fourth-order valence-electron chi connectivity index (χ4n) is 1.58. The molecule has 0 unspecified atom stereocenters. The molecule has 0 aliphatic rings. The van der Waals surface area contributed by atoms with Crippen LogP contribution in [0, 0.1) is 0 Å². The third kappa shape index (κ3) is 4.27. The monoisotopic (exact) mass is 276 g/mol. The average molecular weight is 277 g/mol. The molecule has 1 aromatic carbocycles. The van der Waals surface area contributed by atoms with E-state index in [1.165, 1.54) is 6.07 Å². The first-order chi connectivity index (χ1) is 7.86. The summed E-state index contributed by atoms with van der Waals surface area (Å²) >= 11 is 5.89. The zero-order valence-corrected chi connectivity index (χ0v) is 11.6. The zero-order valence-electron chi connectivity index (χ0n) is 9.98. The van der Waals surface area contributed by atoms with Crippen LogP contribution in [-0.2, 0) is 16.6 Å². The number of nitrogens with zero attached hydrogens (tertiary/aromatic N) is 1. The summed E-state index contributed by atoms with van der Waals surface area (Å²) in [5, 5.41) is 5.48. The van der Waals surface area contributed by atoms with E-state index in [0.717, 1.165) is 18.7 Å². The maximum Gasteiger partial charge on any atom is 0.238 e. The van der Waals surface area contributed by atoms with Gasteiger partial charge in [0, 0.05) is 11.6 Å². The Bertz CT molecular complexity index is 484. The van der Waals surface area contributed by atoms with Crippen LogP contribution in [0.25, 0.3) is 0 Å². The Balaban J connectivity index is 3.06. The van der Waals surface area contributed by atoms with E-state index in [9.17, 15) is 8.42 Å². The van der Waals surface area contributed by atoms with Gasteiger partial charge in [-0.15, -0.1) is 0 Å².